The van der Waals surface area contributed by atoms with Crippen LogP contribution in [-0.2, 0) is 16.6 Å². The number of carbonyl (C=O) groups excluding carboxylic acids is 2. The summed E-state index contributed by atoms with van der Waals surface area (Å²) in [5.74, 6) is 0.462. The predicted octanol–water partition coefficient (Wildman–Crippen LogP) is 5.08. The molecule has 42 heavy (non-hydrogen) atoms. The van der Waals surface area contributed by atoms with E-state index < -0.39 is 11.4 Å². The molecule has 2 fully saturated rings. The van der Waals surface area contributed by atoms with Crippen LogP contribution in [0.15, 0.2) is 54.9 Å². The number of hydrogen-bond donors (Lipinski definition) is 3. The summed E-state index contributed by atoms with van der Waals surface area (Å²) in [5, 5.41) is 13.4. The Morgan fingerprint density at radius 2 is 1.83 bits per heavy atom. The third-order valence-corrected chi connectivity index (χ3v) is 9.20. The fraction of sp³-hybridized carbons (Fsp3) is 0.394. The minimum Gasteiger partial charge on any atom is -0.382 e. The smallest absolute Gasteiger partial charge is 0.251 e. The van der Waals surface area contributed by atoms with Gasteiger partial charge in [-0.3, -0.25) is 14.0 Å². The minimum atomic E-state index is -1.44. The number of hydrogen-bond acceptors (Lipinski definition) is 6. The number of carbonyl (C=O) groups is 2. The van der Waals surface area contributed by atoms with Crippen molar-refractivity contribution < 1.29 is 19.1 Å². The molecule has 4 aromatic rings. The monoisotopic (exact) mass is 569 g/mol. The highest BCUT2D eigenvalue weighted by Gasteiger charge is 2.58. The van der Waals surface area contributed by atoms with Crippen molar-refractivity contribution in [1.29, 1.82) is 0 Å². The molecule has 2 heterocycles. The number of imidazole rings is 1. The van der Waals surface area contributed by atoms with Gasteiger partial charge in [-0.2, -0.15) is 0 Å². The number of nitrogens with zero attached hydrogens (tertiary/aromatic N) is 3. The predicted molar refractivity (Wildman–Crippen MR) is 159 cm³/mol. The first-order valence-electron chi connectivity index (χ1n) is 14.5. The number of halogens is 1. The Morgan fingerprint density at radius 3 is 2.52 bits per heavy atom. The molecule has 0 atom stereocenters. The van der Waals surface area contributed by atoms with Gasteiger partial charge in [0.25, 0.3) is 5.91 Å². The van der Waals surface area contributed by atoms with Gasteiger partial charge in [-0.05, 0) is 82.6 Å². The van der Waals surface area contributed by atoms with Crippen molar-refractivity contribution in [2.75, 3.05) is 5.73 Å². The number of rotatable bonds is 8. The third kappa shape index (κ3) is 4.85. The van der Waals surface area contributed by atoms with Crippen LogP contribution in [0.1, 0.15) is 79.7 Å². The Labute approximate surface area is 244 Å². The first-order valence-corrected chi connectivity index (χ1v) is 14.5. The molecule has 218 valence electrons. The highest BCUT2D eigenvalue weighted by Crippen LogP contribution is 2.57. The number of nitrogens with one attached hydrogen (secondary N) is 1. The molecule has 0 saturated heterocycles. The number of aromatic nitrogens is 3. The number of benzene rings is 2. The molecule has 1 amide bonds. The van der Waals surface area contributed by atoms with Crippen LogP contribution in [0.4, 0.5) is 10.2 Å². The van der Waals surface area contributed by atoms with Gasteiger partial charge in [-0.1, -0.05) is 30.3 Å². The van der Waals surface area contributed by atoms with E-state index in [4.69, 9.17) is 10.7 Å². The molecule has 0 aliphatic heterocycles. The van der Waals surface area contributed by atoms with Crippen molar-refractivity contribution in [3.05, 3.63) is 83.2 Å². The second-order valence-electron chi connectivity index (χ2n) is 12.6. The zero-order valence-electron chi connectivity index (χ0n) is 24.2. The van der Waals surface area contributed by atoms with Crippen molar-refractivity contribution in [2.24, 2.45) is 0 Å². The Bertz CT molecular complexity index is 1700. The molecule has 2 saturated carbocycles. The number of amides is 1. The summed E-state index contributed by atoms with van der Waals surface area (Å²) in [7, 11) is 0. The van der Waals surface area contributed by atoms with E-state index in [1.165, 1.54) is 26.0 Å². The van der Waals surface area contributed by atoms with Crippen LogP contribution in [-0.4, -0.2) is 42.3 Å². The summed E-state index contributed by atoms with van der Waals surface area (Å²) in [5.41, 5.74) is 8.96. The lowest BCUT2D eigenvalue weighted by Crippen LogP contribution is -2.52. The Balaban J connectivity index is 1.26. The zero-order chi connectivity index (χ0) is 29.9. The summed E-state index contributed by atoms with van der Waals surface area (Å²) in [4.78, 5) is 34.9. The number of nitrogen functional groups attached to an aromatic ring is 1. The topological polar surface area (TPSA) is 123 Å². The van der Waals surface area contributed by atoms with E-state index in [-0.39, 0.29) is 29.1 Å². The number of ketones is 1. The van der Waals surface area contributed by atoms with Crippen molar-refractivity contribution in [3.8, 4) is 11.3 Å². The van der Waals surface area contributed by atoms with Crippen molar-refractivity contribution in [3.63, 3.8) is 0 Å². The summed E-state index contributed by atoms with van der Waals surface area (Å²) in [6, 6.07) is 12.2. The van der Waals surface area contributed by atoms with Crippen LogP contribution < -0.4 is 11.1 Å². The molecule has 4 N–H and O–H groups in total. The van der Waals surface area contributed by atoms with Gasteiger partial charge in [0, 0.05) is 40.9 Å². The molecule has 2 aromatic carbocycles. The molecular weight excluding hydrogens is 533 g/mol. The van der Waals surface area contributed by atoms with Gasteiger partial charge in [-0.25, -0.2) is 14.4 Å². The zero-order valence-corrected chi connectivity index (χ0v) is 24.2. The molecule has 2 aliphatic rings. The van der Waals surface area contributed by atoms with Crippen molar-refractivity contribution in [1.82, 2.24) is 19.7 Å². The van der Waals surface area contributed by atoms with Crippen LogP contribution in [0.25, 0.3) is 16.8 Å². The van der Waals surface area contributed by atoms with Crippen LogP contribution in [0.2, 0.25) is 0 Å². The number of anilines is 1. The molecule has 2 aliphatic carbocycles. The van der Waals surface area contributed by atoms with E-state index in [1.54, 1.807) is 12.3 Å². The van der Waals surface area contributed by atoms with Crippen molar-refractivity contribution in [2.45, 2.75) is 82.3 Å². The SMILES string of the molecule is Cc1ccc(F)cc1C(=O)CCc1ccc(-c2nc(C34CCC(NC(=O)C(C)(C)O)(CC3)C4)n3ccnc(N)c23)cc1. The standard InChI is InChI=1S/C33H36FN5O3/c1-20-4-10-23(34)18-24(20)25(40)11-7-21-5-8-22(9-6-21)26-27-28(35)36-16-17-39(27)29(37-26)32-12-14-33(19-32,15-13-32)38-30(41)31(2,3)42/h4-6,8-10,16-18,42H,7,11-15,19H2,1-3H3,(H2,35,36)(H,38,41). The number of Topliss-reactive ketones (excluding diaryl/α,β-unsaturated/α-hetero) is 1. The number of nitrogens with two attached hydrogens (primary N) is 1. The van der Waals surface area contributed by atoms with E-state index in [1.807, 2.05) is 41.8 Å². The summed E-state index contributed by atoms with van der Waals surface area (Å²) in [6.45, 7) is 4.83. The van der Waals surface area contributed by atoms with E-state index in [2.05, 4.69) is 10.3 Å². The maximum absolute atomic E-state index is 13.7. The van der Waals surface area contributed by atoms with Crippen LogP contribution in [0, 0.1) is 12.7 Å². The molecule has 2 aromatic heterocycles. The van der Waals surface area contributed by atoms with E-state index in [0.717, 1.165) is 65.8 Å². The molecule has 2 bridgehead atoms. The van der Waals surface area contributed by atoms with Gasteiger partial charge in [0.2, 0.25) is 0 Å². The van der Waals surface area contributed by atoms with Gasteiger partial charge >= 0.3 is 0 Å². The lowest BCUT2D eigenvalue weighted by atomic mass is 9.83. The number of aryl methyl sites for hydroxylation is 2. The maximum atomic E-state index is 13.7. The second-order valence-corrected chi connectivity index (χ2v) is 12.6. The fourth-order valence-electron chi connectivity index (χ4n) is 6.83. The summed E-state index contributed by atoms with van der Waals surface area (Å²) < 4.78 is 15.7. The molecule has 8 nitrogen and oxygen atoms in total. The van der Waals surface area contributed by atoms with E-state index in [9.17, 15) is 19.1 Å². The van der Waals surface area contributed by atoms with E-state index >= 15 is 0 Å². The van der Waals surface area contributed by atoms with Gasteiger partial charge in [0.05, 0.1) is 0 Å². The maximum Gasteiger partial charge on any atom is 0.251 e. The highest BCUT2D eigenvalue weighted by atomic mass is 19.1. The largest absolute Gasteiger partial charge is 0.382 e. The molecule has 0 radical (unpaired) electrons. The van der Waals surface area contributed by atoms with Gasteiger partial charge < -0.3 is 16.2 Å². The van der Waals surface area contributed by atoms with E-state index in [0.29, 0.717) is 17.8 Å². The number of fused-ring (bicyclic) bond motifs is 3. The lowest BCUT2D eigenvalue weighted by molar-refractivity contribution is -0.138. The summed E-state index contributed by atoms with van der Waals surface area (Å²) in [6.07, 6.45) is 8.54. The summed E-state index contributed by atoms with van der Waals surface area (Å²) >= 11 is 0. The Morgan fingerprint density at radius 1 is 1.12 bits per heavy atom. The van der Waals surface area contributed by atoms with Gasteiger partial charge in [-0.15, -0.1) is 0 Å². The fourth-order valence-corrected chi connectivity index (χ4v) is 6.83. The number of aliphatic hydroxyl groups is 1. The average molecular weight is 570 g/mol. The molecule has 9 heteroatoms. The molecule has 0 spiro atoms. The van der Waals surface area contributed by atoms with Crippen LogP contribution >= 0.6 is 0 Å². The Hall–Kier alpha value is -4.11. The van der Waals surface area contributed by atoms with Crippen LogP contribution in [0.5, 0.6) is 0 Å². The second kappa shape index (κ2) is 10.0. The lowest BCUT2D eigenvalue weighted by Gasteiger charge is -2.31. The third-order valence-electron chi connectivity index (χ3n) is 9.20. The quantitative estimate of drug-likeness (QED) is 0.254. The Kier molecular flexibility index (Phi) is 6.68. The van der Waals surface area contributed by atoms with Crippen molar-refractivity contribution >= 4 is 23.0 Å². The molecular formula is C33H36FN5O3. The molecule has 0 unspecified atom stereocenters. The first kappa shape index (κ1) is 28.0. The first-order chi connectivity index (χ1) is 19.9. The van der Waals surface area contributed by atoms with Gasteiger partial charge in [0.1, 0.15) is 34.3 Å². The van der Waals surface area contributed by atoms with Crippen LogP contribution in [0.3, 0.4) is 0 Å². The normalized spacial score (nSPS) is 21.6. The molecule has 6 rings (SSSR count). The highest BCUT2D eigenvalue weighted by molar-refractivity contribution is 5.97. The van der Waals surface area contributed by atoms with Gasteiger partial charge in [0.15, 0.2) is 5.78 Å². The minimum absolute atomic E-state index is 0.0816. The average Bonchev–Trinajstić information content (AvgIpc) is 3.64.